The Labute approximate surface area is 141 Å². The minimum Gasteiger partial charge on any atom is -0.451 e. The van der Waals surface area contributed by atoms with Gasteiger partial charge in [-0.15, -0.1) is 0 Å². The molecule has 1 aliphatic rings. The van der Waals surface area contributed by atoms with E-state index in [2.05, 4.69) is 11.1 Å². The van der Waals surface area contributed by atoms with Crippen molar-refractivity contribution in [3.8, 4) is 0 Å². The van der Waals surface area contributed by atoms with Crippen molar-refractivity contribution < 1.29 is 9.21 Å². The molecule has 1 aliphatic heterocycles. The van der Waals surface area contributed by atoms with Gasteiger partial charge in [-0.25, -0.2) is 0 Å². The number of hydrogen-bond donors (Lipinski definition) is 0. The summed E-state index contributed by atoms with van der Waals surface area (Å²) in [5.41, 5.74) is 2.95. The van der Waals surface area contributed by atoms with Crippen molar-refractivity contribution >= 4 is 16.9 Å². The highest BCUT2D eigenvalue weighted by molar-refractivity contribution is 5.99. The van der Waals surface area contributed by atoms with Crippen LogP contribution in [0.5, 0.6) is 0 Å². The Morgan fingerprint density at radius 2 is 2.17 bits per heavy atom. The fourth-order valence-corrected chi connectivity index (χ4v) is 3.56. The first-order valence-electron chi connectivity index (χ1n) is 8.38. The van der Waals surface area contributed by atoms with Gasteiger partial charge in [-0.05, 0) is 43.4 Å². The minimum absolute atomic E-state index is 0.0115. The Balaban J connectivity index is 1.50. The molecule has 2 aromatic heterocycles. The highest BCUT2D eigenvalue weighted by atomic mass is 16.3. The molecule has 0 N–H and O–H groups in total. The van der Waals surface area contributed by atoms with E-state index in [4.69, 9.17) is 4.42 Å². The number of nitrogens with zero attached hydrogens (tertiary/aromatic N) is 2. The summed E-state index contributed by atoms with van der Waals surface area (Å²) in [7, 11) is 0. The normalized spacial score (nSPS) is 17.5. The molecule has 4 rings (SSSR count). The lowest BCUT2D eigenvalue weighted by Gasteiger charge is -2.15. The van der Waals surface area contributed by atoms with Crippen LogP contribution in [0.3, 0.4) is 0 Å². The summed E-state index contributed by atoms with van der Waals surface area (Å²) >= 11 is 0. The van der Waals surface area contributed by atoms with E-state index in [-0.39, 0.29) is 5.91 Å². The number of aryl methyl sites for hydroxylation is 1. The third-order valence-electron chi connectivity index (χ3n) is 4.86. The Hall–Kier alpha value is -2.62. The maximum absolute atomic E-state index is 12.9. The zero-order chi connectivity index (χ0) is 16.5. The van der Waals surface area contributed by atoms with Crippen LogP contribution < -0.4 is 0 Å². The van der Waals surface area contributed by atoms with Crippen molar-refractivity contribution in [2.45, 2.75) is 19.8 Å². The third-order valence-corrected chi connectivity index (χ3v) is 4.86. The second kappa shape index (κ2) is 6.11. The van der Waals surface area contributed by atoms with Crippen LogP contribution >= 0.6 is 0 Å². The first kappa shape index (κ1) is 14.9. The molecule has 1 fully saturated rings. The van der Waals surface area contributed by atoms with E-state index < -0.39 is 0 Å². The first-order chi connectivity index (χ1) is 11.7. The van der Waals surface area contributed by atoms with Crippen LogP contribution in [0.25, 0.3) is 11.0 Å². The molecule has 1 unspecified atom stereocenters. The van der Waals surface area contributed by atoms with Crippen molar-refractivity contribution in [2.75, 3.05) is 13.1 Å². The van der Waals surface area contributed by atoms with Gasteiger partial charge >= 0.3 is 0 Å². The summed E-state index contributed by atoms with van der Waals surface area (Å²) in [6.07, 6.45) is 5.70. The molecular formula is C20H20N2O2. The summed E-state index contributed by atoms with van der Waals surface area (Å²) in [5, 5.41) is 1.02. The van der Waals surface area contributed by atoms with Crippen LogP contribution in [0, 0.1) is 12.8 Å². The molecule has 1 aromatic carbocycles. The van der Waals surface area contributed by atoms with Crippen molar-refractivity contribution in [3.63, 3.8) is 0 Å². The Morgan fingerprint density at radius 1 is 1.29 bits per heavy atom. The van der Waals surface area contributed by atoms with E-state index in [0.29, 0.717) is 11.7 Å². The highest BCUT2D eigenvalue weighted by Gasteiger charge is 2.30. The molecule has 24 heavy (non-hydrogen) atoms. The lowest BCUT2D eigenvalue weighted by atomic mass is 10.0. The van der Waals surface area contributed by atoms with Gasteiger partial charge in [0.05, 0.1) is 0 Å². The topological polar surface area (TPSA) is 46.3 Å². The standard InChI is InChI=1S/C20H20N2O2/c1-14-17-6-2-3-7-18(17)24-19(14)20(23)22-10-8-16(13-22)11-15-5-4-9-21-12-15/h2-7,9,12,16H,8,10-11,13H2,1H3. The van der Waals surface area contributed by atoms with E-state index >= 15 is 0 Å². The van der Waals surface area contributed by atoms with Crippen LogP contribution in [0.4, 0.5) is 0 Å². The lowest BCUT2D eigenvalue weighted by molar-refractivity contribution is 0.0757. The fraction of sp³-hybridized carbons (Fsp3) is 0.300. The smallest absolute Gasteiger partial charge is 0.289 e. The van der Waals surface area contributed by atoms with Crippen LogP contribution in [0.15, 0.2) is 53.2 Å². The number of fused-ring (bicyclic) bond motifs is 1. The lowest BCUT2D eigenvalue weighted by Crippen LogP contribution is -2.29. The fourth-order valence-electron chi connectivity index (χ4n) is 3.56. The van der Waals surface area contributed by atoms with Gasteiger partial charge in [0.2, 0.25) is 0 Å². The molecule has 0 spiro atoms. The highest BCUT2D eigenvalue weighted by Crippen LogP contribution is 2.28. The minimum atomic E-state index is 0.0115. The summed E-state index contributed by atoms with van der Waals surface area (Å²) in [6.45, 7) is 3.53. The molecule has 1 atom stereocenters. The molecule has 3 heterocycles. The van der Waals surface area contributed by atoms with E-state index in [1.807, 2.05) is 48.4 Å². The zero-order valence-corrected chi connectivity index (χ0v) is 13.7. The number of pyridine rings is 1. The summed E-state index contributed by atoms with van der Waals surface area (Å²) < 4.78 is 5.83. The number of likely N-dealkylation sites (tertiary alicyclic amines) is 1. The maximum Gasteiger partial charge on any atom is 0.289 e. The molecule has 0 radical (unpaired) electrons. The van der Waals surface area contributed by atoms with E-state index in [9.17, 15) is 4.79 Å². The number of amides is 1. The van der Waals surface area contributed by atoms with Crippen LogP contribution in [0.2, 0.25) is 0 Å². The molecule has 4 heteroatoms. The predicted octanol–water partition coefficient (Wildman–Crippen LogP) is 3.84. The molecule has 1 saturated heterocycles. The number of aromatic nitrogens is 1. The van der Waals surface area contributed by atoms with Crippen LogP contribution in [-0.4, -0.2) is 28.9 Å². The molecule has 122 valence electrons. The molecule has 1 amide bonds. The number of rotatable bonds is 3. The molecule has 0 saturated carbocycles. The van der Waals surface area contributed by atoms with Gasteiger partial charge in [-0.1, -0.05) is 24.3 Å². The summed E-state index contributed by atoms with van der Waals surface area (Å²) in [4.78, 5) is 18.9. The van der Waals surface area contributed by atoms with Gasteiger partial charge < -0.3 is 9.32 Å². The van der Waals surface area contributed by atoms with Gasteiger partial charge in [-0.2, -0.15) is 0 Å². The Kier molecular flexibility index (Phi) is 3.81. The van der Waals surface area contributed by atoms with Crippen LogP contribution in [0.1, 0.15) is 28.1 Å². The molecule has 0 bridgehead atoms. The number of carbonyl (C=O) groups is 1. The largest absolute Gasteiger partial charge is 0.451 e. The molecular weight excluding hydrogens is 300 g/mol. The van der Waals surface area contributed by atoms with E-state index in [1.54, 1.807) is 6.20 Å². The number of para-hydroxylation sites is 1. The Bertz CT molecular complexity index is 870. The molecule has 4 nitrogen and oxygen atoms in total. The average molecular weight is 320 g/mol. The summed E-state index contributed by atoms with van der Waals surface area (Å²) in [5.74, 6) is 0.985. The van der Waals surface area contributed by atoms with Gasteiger partial charge in [0.25, 0.3) is 5.91 Å². The van der Waals surface area contributed by atoms with Gasteiger partial charge in [0.15, 0.2) is 5.76 Å². The van der Waals surface area contributed by atoms with Gasteiger partial charge in [-0.3, -0.25) is 9.78 Å². The second-order valence-electron chi connectivity index (χ2n) is 6.52. The predicted molar refractivity (Wildman–Crippen MR) is 92.9 cm³/mol. The number of carbonyl (C=O) groups excluding carboxylic acids is 1. The zero-order valence-electron chi connectivity index (χ0n) is 13.7. The monoisotopic (exact) mass is 320 g/mol. The molecule has 0 aliphatic carbocycles. The SMILES string of the molecule is Cc1c(C(=O)N2CCC(Cc3cccnc3)C2)oc2ccccc12. The second-order valence-corrected chi connectivity index (χ2v) is 6.52. The van der Waals surface area contributed by atoms with Crippen molar-refractivity contribution in [1.29, 1.82) is 0 Å². The number of furan rings is 1. The van der Waals surface area contributed by atoms with Gasteiger partial charge in [0, 0.05) is 36.4 Å². The van der Waals surface area contributed by atoms with Crippen molar-refractivity contribution in [2.24, 2.45) is 5.92 Å². The van der Waals surface area contributed by atoms with E-state index in [1.165, 1.54) is 5.56 Å². The Morgan fingerprint density at radius 3 is 2.96 bits per heavy atom. The quantitative estimate of drug-likeness (QED) is 0.736. The summed E-state index contributed by atoms with van der Waals surface area (Å²) in [6, 6.07) is 11.9. The van der Waals surface area contributed by atoms with Gasteiger partial charge in [0.1, 0.15) is 5.58 Å². The van der Waals surface area contributed by atoms with Crippen LogP contribution in [-0.2, 0) is 6.42 Å². The molecule has 3 aromatic rings. The van der Waals surface area contributed by atoms with E-state index in [0.717, 1.165) is 42.5 Å². The maximum atomic E-state index is 12.9. The average Bonchev–Trinajstić information content (AvgIpc) is 3.21. The third kappa shape index (κ3) is 2.68. The first-order valence-corrected chi connectivity index (χ1v) is 8.38. The van der Waals surface area contributed by atoms with Crippen molar-refractivity contribution in [1.82, 2.24) is 9.88 Å². The number of benzene rings is 1. The number of hydrogen-bond acceptors (Lipinski definition) is 3. The van der Waals surface area contributed by atoms with Crippen molar-refractivity contribution in [3.05, 3.63) is 65.7 Å².